The van der Waals surface area contributed by atoms with Gasteiger partial charge in [-0.1, -0.05) is 6.92 Å². The summed E-state index contributed by atoms with van der Waals surface area (Å²) in [5, 5.41) is 5.26. The zero-order chi connectivity index (χ0) is 17.4. The molecule has 0 radical (unpaired) electrons. The van der Waals surface area contributed by atoms with Crippen LogP contribution in [-0.4, -0.2) is 37.0 Å². The summed E-state index contributed by atoms with van der Waals surface area (Å²) >= 11 is 0. The van der Waals surface area contributed by atoms with Gasteiger partial charge in [0.15, 0.2) is 0 Å². The lowest BCUT2D eigenvalue weighted by Crippen LogP contribution is -2.39. The SMILES string of the molecule is CCOC(=O)C(C)NC(=O)c1ccc(NC(=O)C(C)CN)cc1.Cl. The van der Waals surface area contributed by atoms with Gasteiger partial charge in [-0.15, -0.1) is 12.4 Å². The van der Waals surface area contributed by atoms with Crippen LogP contribution in [0.2, 0.25) is 0 Å². The molecule has 2 unspecified atom stereocenters. The molecular weight excluding hydrogens is 334 g/mol. The third kappa shape index (κ3) is 6.55. The van der Waals surface area contributed by atoms with Crippen LogP contribution >= 0.6 is 12.4 Å². The molecular formula is C16H24ClN3O4. The Morgan fingerprint density at radius 2 is 1.75 bits per heavy atom. The van der Waals surface area contributed by atoms with E-state index < -0.39 is 17.9 Å². The molecule has 0 saturated heterocycles. The van der Waals surface area contributed by atoms with Crippen molar-refractivity contribution >= 4 is 35.9 Å². The maximum Gasteiger partial charge on any atom is 0.328 e. The van der Waals surface area contributed by atoms with Gasteiger partial charge < -0.3 is 21.1 Å². The number of hydrogen-bond donors (Lipinski definition) is 3. The summed E-state index contributed by atoms with van der Waals surface area (Å²) in [4.78, 5) is 35.2. The minimum absolute atomic E-state index is 0. The summed E-state index contributed by atoms with van der Waals surface area (Å²) in [7, 11) is 0. The summed E-state index contributed by atoms with van der Waals surface area (Å²) in [6.07, 6.45) is 0. The average Bonchev–Trinajstić information content (AvgIpc) is 2.54. The van der Waals surface area contributed by atoms with Gasteiger partial charge in [0.25, 0.3) is 5.91 Å². The molecule has 0 fully saturated rings. The third-order valence-corrected chi connectivity index (χ3v) is 3.20. The Hall–Kier alpha value is -2.12. The van der Waals surface area contributed by atoms with Crippen molar-refractivity contribution in [1.29, 1.82) is 0 Å². The molecule has 0 saturated carbocycles. The molecule has 0 bridgehead atoms. The number of carbonyl (C=O) groups is 3. The Labute approximate surface area is 147 Å². The highest BCUT2D eigenvalue weighted by Gasteiger charge is 2.17. The standard InChI is InChI=1S/C16H23N3O4.ClH/c1-4-23-16(22)11(3)18-15(21)12-5-7-13(8-6-12)19-14(20)10(2)9-17;/h5-8,10-11H,4,9,17H2,1-3H3,(H,18,21)(H,19,20);1H. The van der Waals surface area contributed by atoms with Crippen LogP contribution < -0.4 is 16.4 Å². The fraction of sp³-hybridized carbons (Fsp3) is 0.438. The summed E-state index contributed by atoms with van der Waals surface area (Å²) in [5.41, 5.74) is 6.39. The number of rotatable bonds is 7. The minimum Gasteiger partial charge on any atom is -0.464 e. The molecule has 24 heavy (non-hydrogen) atoms. The molecule has 1 rings (SSSR count). The predicted octanol–water partition coefficient (Wildman–Crippen LogP) is 1.32. The quantitative estimate of drug-likeness (QED) is 0.637. The molecule has 0 aromatic heterocycles. The second-order valence-corrected chi connectivity index (χ2v) is 5.15. The smallest absolute Gasteiger partial charge is 0.328 e. The minimum atomic E-state index is -0.729. The van der Waals surface area contributed by atoms with Crippen LogP contribution in [0.25, 0.3) is 0 Å². The Morgan fingerprint density at radius 3 is 2.25 bits per heavy atom. The number of esters is 1. The molecule has 2 atom stereocenters. The highest BCUT2D eigenvalue weighted by molar-refractivity contribution is 5.98. The Kier molecular flexibility index (Phi) is 9.68. The zero-order valence-electron chi connectivity index (χ0n) is 14.0. The van der Waals surface area contributed by atoms with Gasteiger partial charge in [0, 0.05) is 23.7 Å². The van der Waals surface area contributed by atoms with Crippen LogP contribution in [0.1, 0.15) is 31.1 Å². The summed E-state index contributed by atoms with van der Waals surface area (Å²) in [6.45, 7) is 5.50. The van der Waals surface area contributed by atoms with Gasteiger partial charge in [0.2, 0.25) is 5.91 Å². The second-order valence-electron chi connectivity index (χ2n) is 5.15. The number of halogens is 1. The van der Waals surface area contributed by atoms with Gasteiger partial charge in [-0.05, 0) is 38.1 Å². The Balaban J connectivity index is 0.00000529. The number of benzene rings is 1. The van der Waals surface area contributed by atoms with E-state index >= 15 is 0 Å². The maximum absolute atomic E-state index is 12.0. The van der Waals surface area contributed by atoms with Crippen molar-refractivity contribution < 1.29 is 19.1 Å². The molecule has 0 aliphatic heterocycles. The van der Waals surface area contributed by atoms with E-state index in [1.165, 1.54) is 0 Å². The molecule has 8 heteroatoms. The lowest BCUT2D eigenvalue weighted by molar-refractivity contribution is -0.144. The van der Waals surface area contributed by atoms with Gasteiger partial charge >= 0.3 is 5.97 Å². The number of carbonyl (C=O) groups excluding carboxylic acids is 3. The van der Waals surface area contributed by atoms with Crippen molar-refractivity contribution in [2.45, 2.75) is 26.8 Å². The fourth-order valence-electron chi connectivity index (χ4n) is 1.68. The van der Waals surface area contributed by atoms with Crippen molar-refractivity contribution in [3.8, 4) is 0 Å². The molecule has 0 aliphatic carbocycles. The number of amides is 2. The van der Waals surface area contributed by atoms with Crippen LogP contribution in [-0.2, 0) is 14.3 Å². The van der Waals surface area contributed by atoms with Gasteiger partial charge in [0.05, 0.1) is 6.61 Å². The summed E-state index contributed by atoms with van der Waals surface area (Å²) < 4.78 is 4.82. The van der Waals surface area contributed by atoms with Crippen molar-refractivity contribution in [2.75, 3.05) is 18.5 Å². The maximum atomic E-state index is 12.0. The molecule has 0 heterocycles. The van der Waals surface area contributed by atoms with Crippen LogP contribution in [0.4, 0.5) is 5.69 Å². The molecule has 7 nitrogen and oxygen atoms in total. The van der Waals surface area contributed by atoms with Crippen LogP contribution in [0.3, 0.4) is 0 Å². The zero-order valence-corrected chi connectivity index (χ0v) is 14.8. The van der Waals surface area contributed by atoms with E-state index in [1.54, 1.807) is 45.0 Å². The van der Waals surface area contributed by atoms with E-state index in [4.69, 9.17) is 10.5 Å². The first-order valence-corrected chi connectivity index (χ1v) is 7.47. The van der Waals surface area contributed by atoms with E-state index in [2.05, 4.69) is 10.6 Å². The van der Waals surface area contributed by atoms with Crippen LogP contribution in [0.5, 0.6) is 0 Å². The molecule has 2 amide bonds. The number of nitrogens with two attached hydrogens (primary N) is 1. The fourth-order valence-corrected chi connectivity index (χ4v) is 1.68. The lowest BCUT2D eigenvalue weighted by atomic mass is 10.1. The highest BCUT2D eigenvalue weighted by Crippen LogP contribution is 2.11. The Morgan fingerprint density at radius 1 is 1.17 bits per heavy atom. The third-order valence-electron chi connectivity index (χ3n) is 3.20. The first-order valence-electron chi connectivity index (χ1n) is 7.47. The van der Waals surface area contributed by atoms with E-state index in [1.807, 2.05) is 0 Å². The predicted molar refractivity (Wildman–Crippen MR) is 94.1 cm³/mol. The summed E-state index contributed by atoms with van der Waals surface area (Å²) in [6, 6.07) is 5.63. The van der Waals surface area contributed by atoms with E-state index in [-0.39, 0.29) is 37.4 Å². The Bertz CT molecular complexity index is 563. The number of hydrogen-bond acceptors (Lipinski definition) is 5. The first kappa shape index (κ1) is 21.9. The largest absolute Gasteiger partial charge is 0.464 e. The van der Waals surface area contributed by atoms with Gasteiger partial charge in [0.1, 0.15) is 6.04 Å². The van der Waals surface area contributed by atoms with Gasteiger partial charge in [-0.25, -0.2) is 4.79 Å². The molecule has 4 N–H and O–H groups in total. The second kappa shape index (κ2) is 10.6. The normalized spacial score (nSPS) is 12.3. The van der Waals surface area contributed by atoms with Crippen LogP contribution in [0, 0.1) is 5.92 Å². The lowest BCUT2D eigenvalue weighted by Gasteiger charge is -2.13. The van der Waals surface area contributed by atoms with Crippen molar-refractivity contribution in [1.82, 2.24) is 5.32 Å². The van der Waals surface area contributed by atoms with Crippen LogP contribution in [0.15, 0.2) is 24.3 Å². The molecule has 1 aromatic rings. The molecule has 1 aromatic carbocycles. The monoisotopic (exact) mass is 357 g/mol. The van der Waals surface area contributed by atoms with Crippen molar-refractivity contribution in [3.05, 3.63) is 29.8 Å². The van der Waals surface area contributed by atoms with E-state index in [9.17, 15) is 14.4 Å². The van der Waals surface area contributed by atoms with Gasteiger partial charge in [-0.3, -0.25) is 9.59 Å². The highest BCUT2D eigenvalue weighted by atomic mass is 35.5. The molecule has 0 spiro atoms. The topological polar surface area (TPSA) is 111 Å². The number of anilines is 1. The van der Waals surface area contributed by atoms with Crippen molar-refractivity contribution in [2.24, 2.45) is 11.7 Å². The van der Waals surface area contributed by atoms with E-state index in [0.29, 0.717) is 11.3 Å². The average molecular weight is 358 g/mol. The van der Waals surface area contributed by atoms with E-state index in [0.717, 1.165) is 0 Å². The van der Waals surface area contributed by atoms with Gasteiger partial charge in [-0.2, -0.15) is 0 Å². The van der Waals surface area contributed by atoms with Crippen molar-refractivity contribution in [3.63, 3.8) is 0 Å². The molecule has 0 aliphatic rings. The number of nitrogens with one attached hydrogen (secondary N) is 2. The molecule has 134 valence electrons. The number of ether oxygens (including phenoxy) is 1. The first-order chi connectivity index (χ1) is 10.9. The summed E-state index contributed by atoms with van der Waals surface area (Å²) in [5.74, 6) is -1.34.